The summed E-state index contributed by atoms with van der Waals surface area (Å²) in [6, 6.07) is 11.0. The third-order valence-electron chi connectivity index (χ3n) is 5.25. The van der Waals surface area contributed by atoms with E-state index in [4.69, 9.17) is 0 Å². The van der Waals surface area contributed by atoms with Crippen LogP contribution in [0.2, 0.25) is 0 Å². The Morgan fingerprint density at radius 3 is 3.09 bits per heavy atom. The number of aromatic amines is 1. The first-order valence-corrected chi connectivity index (χ1v) is 7.97. The predicted molar refractivity (Wildman–Crippen MR) is 84.2 cm³/mol. The van der Waals surface area contributed by atoms with E-state index in [1.807, 2.05) is 0 Å². The van der Waals surface area contributed by atoms with Crippen LogP contribution in [0.3, 0.4) is 0 Å². The van der Waals surface area contributed by atoms with E-state index in [0.717, 1.165) is 32.2 Å². The Hall–Kier alpha value is -2.12. The van der Waals surface area contributed by atoms with Gasteiger partial charge < -0.3 is 9.78 Å². The zero-order valence-corrected chi connectivity index (χ0v) is 12.5. The van der Waals surface area contributed by atoms with Gasteiger partial charge in [-0.05, 0) is 30.4 Å². The van der Waals surface area contributed by atoms with Crippen molar-refractivity contribution >= 4 is 17.2 Å². The van der Waals surface area contributed by atoms with Gasteiger partial charge in [0.15, 0.2) is 0 Å². The van der Waals surface area contributed by atoms with Gasteiger partial charge in [0.1, 0.15) is 6.29 Å². The number of aldehydes is 1. The number of benzene rings is 1. The van der Waals surface area contributed by atoms with E-state index in [1.54, 1.807) is 0 Å². The fourth-order valence-electron chi connectivity index (χ4n) is 4.36. The number of carbonyl (C=O) groups excluding carboxylic acids is 1. The molecule has 4 heteroatoms. The molecule has 1 N–H and O–H groups in total. The minimum Gasteiger partial charge on any atom is -0.357 e. The molecule has 0 bridgehead atoms. The number of nitrogens with zero attached hydrogens (tertiary/aromatic N) is 2. The van der Waals surface area contributed by atoms with Crippen LogP contribution in [0.1, 0.15) is 30.1 Å². The summed E-state index contributed by atoms with van der Waals surface area (Å²) < 4.78 is 0. The number of hydrogen-bond acceptors (Lipinski definition) is 3. The average molecular weight is 293 g/mol. The van der Waals surface area contributed by atoms with Gasteiger partial charge in [0.05, 0.1) is 12.1 Å². The van der Waals surface area contributed by atoms with Crippen molar-refractivity contribution in [2.75, 3.05) is 13.1 Å². The Bertz CT molecular complexity index is 757. The highest BCUT2D eigenvalue weighted by Gasteiger charge is 2.41. The molecule has 0 amide bonds. The van der Waals surface area contributed by atoms with Crippen molar-refractivity contribution in [3.63, 3.8) is 0 Å². The maximum absolute atomic E-state index is 11.3. The molecule has 1 fully saturated rings. The van der Waals surface area contributed by atoms with Crippen LogP contribution in [0.4, 0.5) is 0 Å². The molecule has 4 nitrogen and oxygen atoms in total. The number of aromatic nitrogens is 1. The Morgan fingerprint density at radius 2 is 2.27 bits per heavy atom. The predicted octanol–water partition coefficient (Wildman–Crippen LogP) is 2.82. The lowest BCUT2D eigenvalue weighted by molar-refractivity contribution is -0.114. The molecule has 2 aliphatic heterocycles. The van der Waals surface area contributed by atoms with Crippen LogP contribution in [0.15, 0.2) is 24.3 Å². The Labute approximate surface area is 129 Å². The second-order valence-electron chi connectivity index (χ2n) is 6.51. The molecule has 2 aliphatic rings. The van der Waals surface area contributed by atoms with Crippen molar-refractivity contribution in [1.82, 2.24) is 9.88 Å². The summed E-state index contributed by atoms with van der Waals surface area (Å²) in [5.74, 6) is 0.307. The molecule has 0 saturated carbocycles. The lowest BCUT2D eigenvalue weighted by atomic mass is 9.77. The van der Waals surface area contributed by atoms with Gasteiger partial charge in [0.2, 0.25) is 0 Å². The number of piperidine rings is 1. The van der Waals surface area contributed by atoms with Gasteiger partial charge in [-0.25, -0.2) is 0 Å². The molecule has 1 aromatic heterocycles. The molecule has 3 atom stereocenters. The van der Waals surface area contributed by atoms with Gasteiger partial charge in [0.25, 0.3) is 0 Å². The summed E-state index contributed by atoms with van der Waals surface area (Å²) in [5.41, 5.74) is 3.86. The van der Waals surface area contributed by atoms with E-state index in [2.05, 4.69) is 40.2 Å². The van der Waals surface area contributed by atoms with Gasteiger partial charge in [0, 0.05) is 42.0 Å². The number of carbonyl (C=O) groups is 1. The van der Waals surface area contributed by atoms with Crippen LogP contribution in [0.25, 0.3) is 10.9 Å². The fourth-order valence-corrected chi connectivity index (χ4v) is 4.36. The van der Waals surface area contributed by atoms with Crippen molar-refractivity contribution < 1.29 is 4.79 Å². The molecule has 112 valence electrons. The number of H-pyrrole nitrogens is 1. The number of para-hydroxylation sites is 1. The summed E-state index contributed by atoms with van der Waals surface area (Å²) in [5, 5.41) is 10.5. The maximum atomic E-state index is 11.3. The highest BCUT2D eigenvalue weighted by molar-refractivity contribution is 5.85. The Morgan fingerprint density at radius 1 is 1.41 bits per heavy atom. The van der Waals surface area contributed by atoms with Gasteiger partial charge >= 0.3 is 0 Å². The fraction of sp³-hybridized carbons (Fsp3) is 0.444. The summed E-state index contributed by atoms with van der Waals surface area (Å²) in [6.45, 7) is 1.80. The van der Waals surface area contributed by atoms with Crippen molar-refractivity contribution in [3.05, 3.63) is 35.5 Å². The minimum atomic E-state index is 0.0699. The number of hydrogen-bond donors (Lipinski definition) is 1. The largest absolute Gasteiger partial charge is 0.357 e. The van der Waals surface area contributed by atoms with Gasteiger partial charge in [-0.3, -0.25) is 4.90 Å². The van der Waals surface area contributed by atoms with Gasteiger partial charge in [-0.15, -0.1) is 0 Å². The van der Waals surface area contributed by atoms with Crippen LogP contribution in [-0.2, 0) is 11.2 Å². The maximum Gasteiger partial charge on any atom is 0.124 e. The second kappa shape index (κ2) is 5.26. The first-order valence-electron chi connectivity index (χ1n) is 7.97. The van der Waals surface area contributed by atoms with Gasteiger partial charge in [-0.2, -0.15) is 5.26 Å². The van der Waals surface area contributed by atoms with E-state index < -0.39 is 0 Å². The first kappa shape index (κ1) is 13.5. The van der Waals surface area contributed by atoms with Gasteiger partial charge in [-0.1, -0.05) is 18.2 Å². The quantitative estimate of drug-likeness (QED) is 0.866. The highest BCUT2D eigenvalue weighted by Crippen LogP contribution is 2.44. The third kappa shape index (κ3) is 1.97. The topological polar surface area (TPSA) is 59.9 Å². The van der Waals surface area contributed by atoms with E-state index in [9.17, 15) is 10.1 Å². The molecule has 0 radical (unpaired) electrons. The molecule has 0 spiro atoms. The number of nitrogens with one attached hydrogen (secondary N) is 1. The van der Waals surface area contributed by atoms with Crippen molar-refractivity contribution in [2.24, 2.45) is 11.8 Å². The summed E-state index contributed by atoms with van der Waals surface area (Å²) in [4.78, 5) is 17.3. The third-order valence-corrected chi connectivity index (χ3v) is 5.25. The monoisotopic (exact) mass is 293 g/mol. The van der Waals surface area contributed by atoms with Crippen LogP contribution < -0.4 is 0 Å². The lowest BCUT2D eigenvalue weighted by Gasteiger charge is -2.45. The smallest absolute Gasteiger partial charge is 0.124 e. The molecule has 1 unspecified atom stereocenters. The lowest BCUT2D eigenvalue weighted by Crippen LogP contribution is -2.47. The molecule has 1 aromatic carbocycles. The SMILES string of the molecule is N#CC[C@H]1CC(C=O)CN2CCc3c([nH]c4ccccc34)[C@@H]12. The van der Waals surface area contributed by atoms with Crippen molar-refractivity contribution in [2.45, 2.75) is 25.3 Å². The molecular weight excluding hydrogens is 274 g/mol. The molecular formula is C18H19N3O. The van der Waals surface area contributed by atoms with Crippen LogP contribution >= 0.6 is 0 Å². The minimum absolute atomic E-state index is 0.0699. The van der Waals surface area contributed by atoms with E-state index in [0.29, 0.717) is 6.42 Å². The molecule has 2 aromatic rings. The van der Waals surface area contributed by atoms with E-state index >= 15 is 0 Å². The molecule has 3 heterocycles. The number of fused-ring (bicyclic) bond motifs is 5. The Balaban J connectivity index is 1.81. The normalized spacial score (nSPS) is 27.9. The van der Waals surface area contributed by atoms with Crippen molar-refractivity contribution in [1.29, 1.82) is 5.26 Å². The summed E-state index contributed by atoms with van der Waals surface area (Å²) in [7, 11) is 0. The standard InChI is InChI=1S/C18H19N3O/c19-7-5-13-9-12(11-22)10-21-8-6-15-14-3-1-2-4-16(14)20-17(15)18(13)21/h1-4,11-13,18,20H,5-6,8-10H2/t12?,13-,18+/m0/s1. The number of rotatable bonds is 2. The summed E-state index contributed by atoms with van der Waals surface area (Å²) in [6.07, 6.45) is 3.43. The van der Waals surface area contributed by atoms with E-state index in [1.165, 1.54) is 22.2 Å². The highest BCUT2D eigenvalue weighted by atomic mass is 16.1. The van der Waals surface area contributed by atoms with E-state index in [-0.39, 0.29) is 17.9 Å². The summed E-state index contributed by atoms with van der Waals surface area (Å²) >= 11 is 0. The molecule has 0 aliphatic carbocycles. The zero-order chi connectivity index (χ0) is 15.1. The molecule has 4 rings (SSSR count). The van der Waals surface area contributed by atoms with Crippen LogP contribution in [0, 0.1) is 23.2 Å². The van der Waals surface area contributed by atoms with Crippen molar-refractivity contribution in [3.8, 4) is 6.07 Å². The molecule has 22 heavy (non-hydrogen) atoms. The number of nitriles is 1. The second-order valence-corrected chi connectivity index (χ2v) is 6.51. The molecule has 1 saturated heterocycles. The Kier molecular flexibility index (Phi) is 3.24. The first-order chi connectivity index (χ1) is 10.8. The zero-order valence-electron chi connectivity index (χ0n) is 12.5. The average Bonchev–Trinajstić information content (AvgIpc) is 2.93. The van der Waals surface area contributed by atoms with Crippen LogP contribution in [0.5, 0.6) is 0 Å². The van der Waals surface area contributed by atoms with Crippen LogP contribution in [-0.4, -0.2) is 29.3 Å².